The quantitative estimate of drug-likeness (QED) is 0.466. The van der Waals surface area contributed by atoms with E-state index >= 15 is 0 Å². The topological polar surface area (TPSA) is 93.0 Å². The number of nitrogens with one attached hydrogen (secondary N) is 2. The zero-order valence-electron chi connectivity index (χ0n) is 19.1. The van der Waals surface area contributed by atoms with Crippen LogP contribution >= 0.6 is 0 Å². The fourth-order valence-corrected chi connectivity index (χ4v) is 4.21. The minimum atomic E-state index is 0.362. The Hall–Kier alpha value is -3.56. The molecular formula is C24H28N8O. The number of fused-ring (bicyclic) bond motifs is 1. The Balaban J connectivity index is 1.36. The molecule has 9 heteroatoms. The Morgan fingerprint density at radius 3 is 2.58 bits per heavy atom. The van der Waals surface area contributed by atoms with Crippen molar-refractivity contribution in [2.24, 2.45) is 7.05 Å². The van der Waals surface area contributed by atoms with Crippen LogP contribution in [0.3, 0.4) is 0 Å². The molecule has 3 aromatic heterocycles. The van der Waals surface area contributed by atoms with Gasteiger partial charge in [0.1, 0.15) is 11.2 Å². The fourth-order valence-electron chi connectivity index (χ4n) is 4.21. The summed E-state index contributed by atoms with van der Waals surface area (Å²) in [4.78, 5) is 20.8. The molecular weight excluding hydrogens is 416 g/mol. The molecule has 0 radical (unpaired) electrons. The summed E-state index contributed by atoms with van der Waals surface area (Å²) in [7, 11) is 3.79. The molecule has 0 unspecified atom stereocenters. The van der Waals surface area contributed by atoms with Crippen LogP contribution in [0.1, 0.15) is 18.5 Å². The van der Waals surface area contributed by atoms with E-state index in [1.807, 2.05) is 18.7 Å². The van der Waals surface area contributed by atoms with Gasteiger partial charge < -0.3 is 19.9 Å². The van der Waals surface area contributed by atoms with Gasteiger partial charge in [0.2, 0.25) is 0 Å². The summed E-state index contributed by atoms with van der Waals surface area (Å²) in [5.41, 5.74) is 5.61. The van der Waals surface area contributed by atoms with E-state index in [0.29, 0.717) is 17.7 Å². The number of aromatic nitrogens is 5. The molecule has 1 aromatic carbocycles. The second kappa shape index (κ2) is 9.13. The van der Waals surface area contributed by atoms with E-state index in [9.17, 15) is 0 Å². The number of benzene rings is 1. The number of rotatable bonds is 6. The van der Waals surface area contributed by atoms with Crippen molar-refractivity contribution in [2.75, 3.05) is 44.0 Å². The Morgan fingerprint density at radius 1 is 1.03 bits per heavy atom. The van der Waals surface area contributed by atoms with Gasteiger partial charge in [0.15, 0.2) is 11.6 Å². The van der Waals surface area contributed by atoms with Crippen molar-refractivity contribution in [2.45, 2.75) is 13.0 Å². The maximum Gasteiger partial charge on any atom is 0.154 e. The van der Waals surface area contributed by atoms with Gasteiger partial charge >= 0.3 is 0 Å². The van der Waals surface area contributed by atoms with Crippen LogP contribution in [0.5, 0.6) is 0 Å². The van der Waals surface area contributed by atoms with Crippen LogP contribution in [0.15, 0.2) is 49.2 Å². The standard InChI is InChI=1S/C24H28N8O/c1-16(32-8-10-33-11-9-32)17-4-6-18(7-5-17)29-21-14-27-23(24(25-2)30-21)19-12-26-13-20-22(19)28-15-31(20)3/h4-7,12-16H,8-11H2,1-3H3,(H2,25,29,30)/t16-/m1/s1. The average Bonchev–Trinajstić information content (AvgIpc) is 3.25. The molecule has 0 spiro atoms. The van der Waals surface area contributed by atoms with Crippen LogP contribution in [0.4, 0.5) is 17.3 Å². The molecule has 5 rings (SSSR count). The molecule has 1 aliphatic rings. The summed E-state index contributed by atoms with van der Waals surface area (Å²) in [6, 6.07) is 8.85. The van der Waals surface area contributed by atoms with Crippen molar-refractivity contribution < 1.29 is 4.74 Å². The Bertz CT molecular complexity index is 1250. The average molecular weight is 445 g/mol. The molecule has 1 atom stereocenters. The summed E-state index contributed by atoms with van der Waals surface area (Å²) >= 11 is 0. The number of anilines is 3. The van der Waals surface area contributed by atoms with Crippen molar-refractivity contribution >= 4 is 28.4 Å². The normalized spacial score (nSPS) is 15.5. The van der Waals surface area contributed by atoms with Gasteiger partial charge in [-0.3, -0.25) is 9.88 Å². The van der Waals surface area contributed by atoms with Crippen LogP contribution in [0, 0.1) is 0 Å². The van der Waals surface area contributed by atoms with E-state index in [-0.39, 0.29) is 0 Å². The third kappa shape index (κ3) is 4.24. The van der Waals surface area contributed by atoms with Crippen molar-refractivity contribution in [3.63, 3.8) is 0 Å². The zero-order chi connectivity index (χ0) is 22.8. The largest absolute Gasteiger partial charge is 0.379 e. The third-order valence-electron chi connectivity index (χ3n) is 6.16. The second-order valence-corrected chi connectivity index (χ2v) is 8.18. The molecule has 0 amide bonds. The molecule has 9 nitrogen and oxygen atoms in total. The Kier molecular flexibility index (Phi) is 5.89. The highest BCUT2D eigenvalue weighted by Crippen LogP contribution is 2.31. The summed E-state index contributed by atoms with van der Waals surface area (Å²) in [6.07, 6.45) is 7.10. The molecule has 4 heterocycles. The number of hydrogen-bond donors (Lipinski definition) is 2. The first kappa shape index (κ1) is 21.3. The molecule has 1 fully saturated rings. The van der Waals surface area contributed by atoms with E-state index in [4.69, 9.17) is 9.72 Å². The Labute approximate surface area is 192 Å². The number of pyridine rings is 1. The van der Waals surface area contributed by atoms with Crippen molar-refractivity contribution in [3.8, 4) is 11.3 Å². The highest BCUT2D eigenvalue weighted by Gasteiger charge is 2.19. The highest BCUT2D eigenvalue weighted by atomic mass is 16.5. The van der Waals surface area contributed by atoms with Gasteiger partial charge in [0.25, 0.3) is 0 Å². The number of aryl methyl sites for hydroxylation is 1. The summed E-state index contributed by atoms with van der Waals surface area (Å²) in [6.45, 7) is 5.79. The predicted octanol–water partition coefficient (Wildman–Crippen LogP) is 3.60. The van der Waals surface area contributed by atoms with E-state index in [2.05, 4.69) is 61.7 Å². The molecule has 0 aliphatic carbocycles. The number of imidazole rings is 1. The van der Waals surface area contributed by atoms with Crippen LogP contribution in [0.2, 0.25) is 0 Å². The molecule has 1 saturated heterocycles. The predicted molar refractivity (Wildman–Crippen MR) is 130 cm³/mol. The van der Waals surface area contributed by atoms with E-state index in [1.54, 1.807) is 24.9 Å². The van der Waals surface area contributed by atoms with Crippen LogP contribution in [0.25, 0.3) is 22.3 Å². The molecule has 1 aliphatic heterocycles. The van der Waals surface area contributed by atoms with Crippen molar-refractivity contribution in [3.05, 3.63) is 54.7 Å². The van der Waals surface area contributed by atoms with Crippen molar-refractivity contribution in [1.82, 2.24) is 29.4 Å². The van der Waals surface area contributed by atoms with E-state index in [1.165, 1.54) is 5.56 Å². The van der Waals surface area contributed by atoms with E-state index < -0.39 is 0 Å². The second-order valence-electron chi connectivity index (χ2n) is 8.18. The molecule has 33 heavy (non-hydrogen) atoms. The summed E-state index contributed by atoms with van der Waals surface area (Å²) in [5.74, 6) is 1.33. The van der Waals surface area contributed by atoms with Crippen LogP contribution in [-0.2, 0) is 11.8 Å². The van der Waals surface area contributed by atoms with Gasteiger partial charge in [-0.1, -0.05) is 12.1 Å². The smallest absolute Gasteiger partial charge is 0.154 e. The number of hydrogen-bond acceptors (Lipinski definition) is 8. The lowest BCUT2D eigenvalue weighted by atomic mass is 10.1. The lowest BCUT2D eigenvalue weighted by Crippen LogP contribution is -2.37. The number of morpholine rings is 1. The zero-order valence-corrected chi connectivity index (χ0v) is 19.1. The monoisotopic (exact) mass is 444 g/mol. The van der Waals surface area contributed by atoms with Gasteiger partial charge in [0.05, 0.1) is 43.0 Å². The van der Waals surface area contributed by atoms with Crippen LogP contribution in [-0.4, -0.2) is 62.8 Å². The Morgan fingerprint density at radius 2 is 1.82 bits per heavy atom. The maximum absolute atomic E-state index is 5.47. The molecule has 4 aromatic rings. The van der Waals surface area contributed by atoms with Gasteiger partial charge in [-0.2, -0.15) is 0 Å². The molecule has 0 bridgehead atoms. The number of nitrogens with zero attached hydrogens (tertiary/aromatic N) is 6. The molecule has 170 valence electrons. The van der Waals surface area contributed by atoms with Gasteiger partial charge in [-0.15, -0.1) is 0 Å². The molecule has 0 saturated carbocycles. The lowest BCUT2D eigenvalue weighted by molar-refractivity contribution is 0.0198. The SMILES string of the molecule is CNc1nc(Nc2ccc([C@@H](C)N3CCOCC3)cc2)cnc1-c1cncc2c1ncn2C. The summed E-state index contributed by atoms with van der Waals surface area (Å²) in [5, 5.41) is 6.52. The lowest BCUT2D eigenvalue weighted by Gasteiger charge is -2.32. The first-order valence-corrected chi connectivity index (χ1v) is 11.1. The minimum absolute atomic E-state index is 0.362. The first-order chi connectivity index (χ1) is 16.1. The number of ether oxygens (including phenoxy) is 1. The maximum atomic E-state index is 5.47. The summed E-state index contributed by atoms with van der Waals surface area (Å²) < 4.78 is 7.41. The van der Waals surface area contributed by atoms with Gasteiger partial charge in [-0.25, -0.2) is 15.0 Å². The fraction of sp³-hybridized carbons (Fsp3) is 0.333. The van der Waals surface area contributed by atoms with Crippen LogP contribution < -0.4 is 10.6 Å². The highest BCUT2D eigenvalue weighted by molar-refractivity contribution is 5.93. The minimum Gasteiger partial charge on any atom is -0.379 e. The van der Waals surface area contributed by atoms with Crippen molar-refractivity contribution in [1.29, 1.82) is 0 Å². The first-order valence-electron chi connectivity index (χ1n) is 11.1. The third-order valence-corrected chi connectivity index (χ3v) is 6.16. The van der Waals surface area contributed by atoms with Gasteiger partial charge in [0, 0.05) is 45.1 Å². The van der Waals surface area contributed by atoms with E-state index in [0.717, 1.165) is 54.3 Å². The molecule has 2 N–H and O–H groups in total. The van der Waals surface area contributed by atoms with Gasteiger partial charge in [-0.05, 0) is 24.6 Å².